The Balaban J connectivity index is 1.49. The monoisotopic (exact) mass is 526 g/mol. The maximum absolute atomic E-state index is 11.9. The molecular formula is C25H26Cl4N2O2. The Morgan fingerprint density at radius 1 is 0.606 bits per heavy atom. The molecule has 0 unspecified atom stereocenters. The van der Waals surface area contributed by atoms with Crippen LogP contribution in [0.4, 0.5) is 0 Å². The fourth-order valence-electron chi connectivity index (χ4n) is 2.90. The summed E-state index contributed by atoms with van der Waals surface area (Å²) in [6.45, 7) is 1.25. The van der Waals surface area contributed by atoms with Crippen molar-refractivity contribution in [1.82, 2.24) is 10.6 Å². The molecule has 0 fully saturated rings. The molecule has 33 heavy (non-hydrogen) atoms. The molecule has 8 heteroatoms. The van der Waals surface area contributed by atoms with E-state index < -0.39 is 0 Å². The van der Waals surface area contributed by atoms with Gasteiger partial charge in [-0.05, 0) is 60.4 Å². The van der Waals surface area contributed by atoms with Gasteiger partial charge in [0.05, 0.1) is 20.1 Å². The molecule has 4 nitrogen and oxygen atoms in total. The molecular weight excluding hydrogens is 502 g/mol. The van der Waals surface area contributed by atoms with Crippen molar-refractivity contribution in [3.63, 3.8) is 0 Å². The number of hydrogen-bond donors (Lipinski definition) is 2. The van der Waals surface area contributed by atoms with Gasteiger partial charge in [0.1, 0.15) is 0 Å². The van der Waals surface area contributed by atoms with Gasteiger partial charge in [-0.3, -0.25) is 9.59 Å². The zero-order chi connectivity index (χ0) is 24.1. The fourth-order valence-corrected chi connectivity index (χ4v) is 3.51. The van der Waals surface area contributed by atoms with E-state index in [0.29, 0.717) is 33.2 Å². The average Bonchev–Trinajstić information content (AvgIpc) is 2.79. The predicted octanol–water partition coefficient (Wildman–Crippen LogP) is 7.21. The standard InChI is InChI=1S/C25H26Cl4N2O2/c26-20-10-6-18(16-22(20)28)8-12-24(32)30-14-4-2-1-3-5-15-31-25(33)13-9-19-7-11-21(27)23(29)17-19/h6-13,16-17H,1-5,14-15H2,(H,30,32)(H,31,33)/b12-8+,13-9+. The van der Waals surface area contributed by atoms with Crippen LogP contribution in [0.25, 0.3) is 12.2 Å². The van der Waals surface area contributed by atoms with Crippen LogP contribution in [0.15, 0.2) is 48.6 Å². The third kappa shape index (κ3) is 11.1. The molecule has 0 bridgehead atoms. The maximum atomic E-state index is 11.9. The van der Waals surface area contributed by atoms with Gasteiger partial charge in [0, 0.05) is 25.2 Å². The molecule has 0 spiro atoms. The van der Waals surface area contributed by atoms with Gasteiger partial charge in [-0.1, -0.05) is 77.8 Å². The minimum atomic E-state index is -0.141. The average molecular weight is 528 g/mol. The predicted molar refractivity (Wildman–Crippen MR) is 140 cm³/mol. The lowest BCUT2D eigenvalue weighted by Crippen LogP contribution is -2.22. The van der Waals surface area contributed by atoms with E-state index >= 15 is 0 Å². The fraction of sp³-hybridized carbons (Fsp3) is 0.280. The number of amides is 2. The molecule has 0 aliphatic carbocycles. The number of halogens is 4. The summed E-state index contributed by atoms with van der Waals surface area (Å²) in [7, 11) is 0. The molecule has 0 aliphatic heterocycles. The first-order valence-corrected chi connectivity index (χ1v) is 12.2. The number of unbranched alkanes of at least 4 members (excludes halogenated alkanes) is 4. The lowest BCUT2D eigenvalue weighted by Gasteiger charge is -2.04. The van der Waals surface area contributed by atoms with Crippen molar-refractivity contribution in [3.05, 3.63) is 79.8 Å². The molecule has 2 N–H and O–H groups in total. The molecule has 2 rings (SSSR count). The molecule has 0 saturated heterocycles. The normalized spacial score (nSPS) is 11.3. The highest BCUT2D eigenvalue weighted by molar-refractivity contribution is 6.42. The van der Waals surface area contributed by atoms with Crippen LogP contribution in [0.3, 0.4) is 0 Å². The summed E-state index contributed by atoms with van der Waals surface area (Å²) in [6, 6.07) is 10.4. The molecule has 0 aromatic heterocycles. The minimum Gasteiger partial charge on any atom is -0.353 e. The smallest absolute Gasteiger partial charge is 0.243 e. The summed E-state index contributed by atoms with van der Waals surface area (Å²) in [5, 5.41) is 7.61. The highest BCUT2D eigenvalue weighted by atomic mass is 35.5. The molecule has 2 aromatic rings. The SMILES string of the molecule is O=C(/C=C/c1ccc(Cl)c(Cl)c1)NCCCCCCCNC(=O)/C=C/c1ccc(Cl)c(Cl)c1. The minimum absolute atomic E-state index is 0.141. The second kappa shape index (κ2) is 15.0. The Bertz CT molecular complexity index is 926. The van der Waals surface area contributed by atoms with Crippen molar-refractivity contribution in [2.24, 2.45) is 0 Å². The Kier molecular flexibility index (Phi) is 12.4. The number of carbonyl (C=O) groups excluding carboxylic acids is 2. The van der Waals surface area contributed by atoms with Crippen LogP contribution in [-0.4, -0.2) is 24.9 Å². The van der Waals surface area contributed by atoms with Gasteiger partial charge >= 0.3 is 0 Å². The van der Waals surface area contributed by atoms with E-state index in [1.807, 2.05) is 0 Å². The molecule has 0 radical (unpaired) electrons. The van der Waals surface area contributed by atoms with Crippen LogP contribution >= 0.6 is 46.4 Å². The van der Waals surface area contributed by atoms with Gasteiger partial charge in [0.25, 0.3) is 0 Å². The van der Waals surface area contributed by atoms with Gasteiger partial charge in [0.15, 0.2) is 0 Å². The van der Waals surface area contributed by atoms with Gasteiger partial charge in [-0.15, -0.1) is 0 Å². The summed E-state index contributed by atoms with van der Waals surface area (Å²) >= 11 is 23.7. The molecule has 176 valence electrons. The van der Waals surface area contributed by atoms with E-state index in [0.717, 1.165) is 43.2 Å². The summed E-state index contributed by atoms with van der Waals surface area (Å²) in [4.78, 5) is 23.7. The third-order valence-electron chi connectivity index (χ3n) is 4.69. The van der Waals surface area contributed by atoms with Crippen molar-refractivity contribution in [3.8, 4) is 0 Å². The highest BCUT2D eigenvalue weighted by Crippen LogP contribution is 2.23. The highest BCUT2D eigenvalue weighted by Gasteiger charge is 2.00. The first-order chi connectivity index (χ1) is 15.8. The summed E-state index contributed by atoms with van der Waals surface area (Å²) in [5.74, 6) is -0.282. The zero-order valence-electron chi connectivity index (χ0n) is 18.1. The Hall–Kier alpha value is -1.98. The number of hydrogen-bond acceptors (Lipinski definition) is 2. The molecule has 0 atom stereocenters. The van der Waals surface area contributed by atoms with Crippen LogP contribution in [0.2, 0.25) is 20.1 Å². The van der Waals surface area contributed by atoms with Crippen LogP contribution in [0.5, 0.6) is 0 Å². The number of benzene rings is 2. The van der Waals surface area contributed by atoms with E-state index in [4.69, 9.17) is 46.4 Å². The first kappa shape index (κ1) is 27.3. The van der Waals surface area contributed by atoms with Crippen LogP contribution in [0.1, 0.15) is 43.2 Å². The van der Waals surface area contributed by atoms with E-state index in [9.17, 15) is 9.59 Å². The quantitative estimate of drug-likeness (QED) is 0.226. The number of carbonyl (C=O) groups is 2. The Morgan fingerprint density at radius 2 is 1.00 bits per heavy atom. The summed E-state index contributed by atoms with van der Waals surface area (Å²) in [6.07, 6.45) is 11.3. The Labute approximate surface area is 214 Å². The molecule has 2 amide bonds. The first-order valence-electron chi connectivity index (χ1n) is 10.7. The number of rotatable bonds is 12. The number of nitrogens with one attached hydrogen (secondary N) is 2. The van der Waals surface area contributed by atoms with Crippen LogP contribution in [0, 0.1) is 0 Å². The van der Waals surface area contributed by atoms with Gasteiger partial charge < -0.3 is 10.6 Å². The lowest BCUT2D eigenvalue weighted by molar-refractivity contribution is -0.117. The van der Waals surface area contributed by atoms with Crippen molar-refractivity contribution < 1.29 is 9.59 Å². The largest absolute Gasteiger partial charge is 0.353 e. The van der Waals surface area contributed by atoms with Crippen molar-refractivity contribution in [1.29, 1.82) is 0 Å². The Morgan fingerprint density at radius 3 is 1.39 bits per heavy atom. The second-order valence-electron chi connectivity index (χ2n) is 7.36. The van der Waals surface area contributed by atoms with Crippen molar-refractivity contribution >= 4 is 70.4 Å². The van der Waals surface area contributed by atoms with Crippen molar-refractivity contribution in [2.75, 3.05) is 13.1 Å². The topological polar surface area (TPSA) is 58.2 Å². The van der Waals surface area contributed by atoms with Gasteiger partial charge in [0.2, 0.25) is 11.8 Å². The summed E-state index contributed by atoms with van der Waals surface area (Å²) < 4.78 is 0. The van der Waals surface area contributed by atoms with Crippen molar-refractivity contribution in [2.45, 2.75) is 32.1 Å². The lowest BCUT2D eigenvalue weighted by atomic mass is 10.1. The molecule has 2 aromatic carbocycles. The second-order valence-corrected chi connectivity index (χ2v) is 8.99. The van der Waals surface area contributed by atoms with E-state index in [1.165, 1.54) is 12.2 Å². The van der Waals surface area contributed by atoms with Crippen LogP contribution < -0.4 is 10.6 Å². The molecule has 0 heterocycles. The zero-order valence-corrected chi connectivity index (χ0v) is 21.1. The van der Waals surface area contributed by atoms with E-state index in [-0.39, 0.29) is 11.8 Å². The van der Waals surface area contributed by atoms with E-state index in [2.05, 4.69) is 10.6 Å². The third-order valence-corrected chi connectivity index (χ3v) is 6.17. The van der Waals surface area contributed by atoms with Crippen LogP contribution in [-0.2, 0) is 9.59 Å². The van der Waals surface area contributed by atoms with Gasteiger partial charge in [-0.25, -0.2) is 0 Å². The molecule has 0 aliphatic rings. The van der Waals surface area contributed by atoms with Gasteiger partial charge in [-0.2, -0.15) is 0 Å². The van der Waals surface area contributed by atoms with E-state index in [1.54, 1.807) is 48.6 Å². The molecule has 0 saturated carbocycles. The summed E-state index contributed by atoms with van der Waals surface area (Å²) in [5.41, 5.74) is 1.63. The maximum Gasteiger partial charge on any atom is 0.243 e.